The van der Waals surface area contributed by atoms with Crippen LogP contribution in [0.3, 0.4) is 0 Å². The van der Waals surface area contributed by atoms with E-state index in [1.807, 2.05) is 0 Å². The Morgan fingerprint density at radius 3 is 2.94 bits per heavy atom. The van der Waals surface area contributed by atoms with Crippen molar-refractivity contribution in [1.29, 1.82) is 0 Å². The molecule has 0 amide bonds. The molecular weight excluding hydrogens is 207 g/mol. The van der Waals surface area contributed by atoms with E-state index in [0.29, 0.717) is 17.8 Å². The summed E-state index contributed by atoms with van der Waals surface area (Å²) in [6.45, 7) is 1.40. The van der Waals surface area contributed by atoms with Crippen LogP contribution in [0.5, 0.6) is 5.75 Å². The predicted molar refractivity (Wildman–Crippen MR) is 60.7 cm³/mol. The minimum absolute atomic E-state index is 0.0693. The van der Waals surface area contributed by atoms with Gasteiger partial charge in [0.2, 0.25) is 0 Å². The molecule has 0 aromatic heterocycles. The normalized spacial score (nSPS) is 20.5. The molecule has 1 aliphatic heterocycles. The minimum atomic E-state index is -1.45. The second-order valence-corrected chi connectivity index (χ2v) is 3.90. The summed E-state index contributed by atoms with van der Waals surface area (Å²) in [5, 5.41) is 18.1. The fourth-order valence-electron chi connectivity index (χ4n) is 1.75. The van der Waals surface area contributed by atoms with Gasteiger partial charge in [0.1, 0.15) is 11.9 Å². The van der Waals surface area contributed by atoms with Crippen molar-refractivity contribution in [1.82, 2.24) is 0 Å². The Balaban J connectivity index is 2.00. The number of ether oxygens (including phenoxy) is 2. The van der Waals surface area contributed by atoms with Crippen molar-refractivity contribution in [2.24, 2.45) is 0 Å². The standard InChI is InChI=1S/C11H15BO4/c13-12(14)9-3-1-4-10(7-9)16-11-5-2-6-15-8-11/h1,3-4,7,11,13-14H,2,5-6,8H2. The molecule has 1 saturated heterocycles. The second kappa shape index (κ2) is 5.34. The zero-order valence-corrected chi connectivity index (χ0v) is 9.00. The Hall–Kier alpha value is -1.04. The molecule has 2 N–H and O–H groups in total. The summed E-state index contributed by atoms with van der Waals surface area (Å²) in [4.78, 5) is 0. The first-order chi connectivity index (χ1) is 7.75. The highest BCUT2D eigenvalue weighted by atomic mass is 16.5. The molecule has 0 aliphatic carbocycles. The summed E-state index contributed by atoms with van der Waals surface area (Å²) in [5.74, 6) is 0.654. The van der Waals surface area contributed by atoms with E-state index in [0.717, 1.165) is 19.4 Å². The van der Waals surface area contributed by atoms with Gasteiger partial charge >= 0.3 is 7.12 Å². The molecule has 16 heavy (non-hydrogen) atoms. The van der Waals surface area contributed by atoms with Crippen molar-refractivity contribution in [3.63, 3.8) is 0 Å². The van der Waals surface area contributed by atoms with Gasteiger partial charge in [-0.1, -0.05) is 12.1 Å². The number of hydrogen-bond acceptors (Lipinski definition) is 4. The fourth-order valence-corrected chi connectivity index (χ4v) is 1.75. The van der Waals surface area contributed by atoms with Gasteiger partial charge in [0, 0.05) is 6.61 Å². The molecule has 1 unspecified atom stereocenters. The third-order valence-corrected chi connectivity index (χ3v) is 2.58. The zero-order chi connectivity index (χ0) is 11.4. The third-order valence-electron chi connectivity index (χ3n) is 2.58. The van der Waals surface area contributed by atoms with Gasteiger partial charge in [-0.15, -0.1) is 0 Å². The van der Waals surface area contributed by atoms with Crippen LogP contribution >= 0.6 is 0 Å². The molecule has 1 atom stereocenters. The van der Waals surface area contributed by atoms with Crippen LogP contribution in [0.2, 0.25) is 0 Å². The fraction of sp³-hybridized carbons (Fsp3) is 0.455. The van der Waals surface area contributed by atoms with Gasteiger partial charge in [0.25, 0.3) is 0 Å². The lowest BCUT2D eigenvalue weighted by molar-refractivity contribution is 0.00746. The summed E-state index contributed by atoms with van der Waals surface area (Å²) in [5.41, 5.74) is 0.439. The Kier molecular flexibility index (Phi) is 3.82. The van der Waals surface area contributed by atoms with Crippen LogP contribution in [0.25, 0.3) is 0 Å². The van der Waals surface area contributed by atoms with E-state index in [1.165, 1.54) is 0 Å². The van der Waals surface area contributed by atoms with Crippen LogP contribution in [0.1, 0.15) is 12.8 Å². The second-order valence-electron chi connectivity index (χ2n) is 3.90. The van der Waals surface area contributed by atoms with Gasteiger partial charge in [-0.3, -0.25) is 0 Å². The van der Waals surface area contributed by atoms with E-state index in [-0.39, 0.29) is 6.10 Å². The first kappa shape index (κ1) is 11.5. The summed E-state index contributed by atoms with van der Waals surface area (Å²) < 4.78 is 11.0. The molecule has 1 aromatic carbocycles. The molecule has 0 bridgehead atoms. The van der Waals surface area contributed by atoms with Crippen molar-refractivity contribution in [2.75, 3.05) is 13.2 Å². The molecule has 0 saturated carbocycles. The number of benzene rings is 1. The molecule has 4 nitrogen and oxygen atoms in total. The van der Waals surface area contributed by atoms with Crippen molar-refractivity contribution < 1.29 is 19.5 Å². The molecule has 0 radical (unpaired) electrons. The van der Waals surface area contributed by atoms with Crippen LogP contribution in [-0.4, -0.2) is 36.5 Å². The molecule has 0 spiro atoms. The molecular formula is C11H15BO4. The van der Waals surface area contributed by atoms with E-state index in [9.17, 15) is 0 Å². The SMILES string of the molecule is OB(O)c1cccc(OC2CCCOC2)c1. The van der Waals surface area contributed by atoms with E-state index < -0.39 is 7.12 Å². The molecule has 1 aromatic rings. The quantitative estimate of drug-likeness (QED) is 0.702. The molecule has 1 aliphatic rings. The molecule has 5 heteroatoms. The Morgan fingerprint density at radius 1 is 1.38 bits per heavy atom. The van der Waals surface area contributed by atoms with E-state index in [2.05, 4.69) is 0 Å². The van der Waals surface area contributed by atoms with Gasteiger partial charge in [-0.05, 0) is 30.4 Å². The van der Waals surface area contributed by atoms with Gasteiger partial charge in [-0.25, -0.2) is 0 Å². The van der Waals surface area contributed by atoms with Crippen molar-refractivity contribution in [3.8, 4) is 5.75 Å². The number of hydrogen-bond donors (Lipinski definition) is 2. The predicted octanol–water partition coefficient (Wildman–Crippen LogP) is -0.0758. The van der Waals surface area contributed by atoms with Gasteiger partial charge in [0.05, 0.1) is 6.61 Å². The lowest BCUT2D eigenvalue weighted by Gasteiger charge is -2.23. The lowest BCUT2D eigenvalue weighted by atomic mass is 9.80. The van der Waals surface area contributed by atoms with Crippen molar-refractivity contribution in [3.05, 3.63) is 24.3 Å². The highest BCUT2D eigenvalue weighted by molar-refractivity contribution is 6.58. The van der Waals surface area contributed by atoms with Gasteiger partial charge in [-0.2, -0.15) is 0 Å². The molecule has 1 heterocycles. The summed E-state index contributed by atoms with van der Waals surface area (Å²) in [6.07, 6.45) is 2.05. The number of rotatable bonds is 3. The summed E-state index contributed by atoms with van der Waals surface area (Å²) in [6, 6.07) is 6.84. The van der Waals surface area contributed by atoms with Crippen LogP contribution in [-0.2, 0) is 4.74 Å². The van der Waals surface area contributed by atoms with E-state index in [4.69, 9.17) is 19.5 Å². The lowest BCUT2D eigenvalue weighted by Crippen LogP contribution is -2.31. The first-order valence-electron chi connectivity index (χ1n) is 5.46. The average Bonchev–Trinajstić information content (AvgIpc) is 2.30. The average molecular weight is 222 g/mol. The first-order valence-corrected chi connectivity index (χ1v) is 5.46. The maximum atomic E-state index is 9.03. The van der Waals surface area contributed by atoms with Crippen LogP contribution in [0, 0.1) is 0 Å². The monoisotopic (exact) mass is 222 g/mol. The van der Waals surface area contributed by atoms with Crippen molar-refractivity contribution in [2.45, 2.75) is 18.9 Å². The molecule has 86 valence electrons. The maximum Gasteiger partial charge on any atom is 0.488 e. The topological polar surface area (TPSA) is 58.9 Å². The van der Waals surface area contributed by atoms with E-state index in [1.54, 1.807) is 24.3 Å². The van der Waals surface area contributed by atoms with E-state index >= 15 is 0 Å². The maximum absolute atomic E-state index is 9.03. The highest BCUT2D eigenvalue weighted by Crippen LogP contribution is 2.15. The molecule has 2 rings (SSSR count). The van der Waals surface area contributed by atoms with Crippen LogP contribution < -0.4 is 10.2 Å². The smallest absolute Gasteiger partial charge is 0.488 e. The molecule has 1 fully saturated rings. The Morgan fingerprint density at radius 2 is 2.25 bits per heavy atom. The summed E-state index contributed by atoms with van der Waals surface area (Å²) >= 11 is 0. The Labute approximate surface area is 95.0 Å². The largest absolute Gasteiger partial charge is 0.488 e. The third kappa shape index (κ3) is 2.98. The van der Waals surface area contributed by atoms with Crippen LogP contribution in [0.15, 0.2) is 24.3 Å². The van der Waals surface area contributed by atoms with Crippen LogP contribution in [0.4, 0.5) is 0 Å². The summed E-state index contributed by atoms with van der Waals surface area (Å²) in [7, 11) is -1.45. The zero-order valence-electron chi connectivity index (χ0n) is 9.00. The minimum Gasteiger partial charge on any atom is -0.488 e. The van der Waals surface area contributed by atoms with Crippen molar-refractivity contribution >= 4 is 12.6 Å². The van der Waals surface area contributed by atoms with Gasteiger partial charge < -0.3 is 19.5 Å². The Bertz CT molecular complexity index is 337. The highest BCUT2D eigenvalue weighted by Gasteiger charge is 2.16. The van der Waals surface area contributed by atoms with Gasteiger partial charge in [0.15, 0.2) is 0 Å².